The van der Waals surface area contributed by atoms with Gasteiger partial charge < -0.3 is 4.90 Å². The molecule has 0 aromatic heterocycles. The Morgan fingerprint density at radius 1 is 1.10 bits per heavy atom. The predicted molar refractivity (Wildman–Crippen MR) is 79.8 cm³/mol. The van der Waals surface area contributed by atoms with Crippen molar-refractivity contribution < 1.29 is 8.42 Å². The van der Waals surface area contributed by atoms with Crippen LogP contribution in [0, 0.1) is 0 Å². The summed E-state index contributed by atoms with van der Waals surface area (Å²) in [6.45, 7) is 0.511. The van der Waals surface area contributed by atoms with Crippen molar-refractivity contribution in [2.45, 2.75) is 11.4 Å². The molecule has 102 valence electrons. The Balaban J connectivity index is 2.00. The largest absolute Gasteiger partial charge is 0.326 e. The molecule has 4 nitrogen and oxygen atoms in total. The third-order valence-corrected chi connectivity index (χ3v) is 4.53. The monoisotopic (exact) mass is 306 g/mol. The third kappa shape index (κ3) is 2.42. The first-order chi connectivity index (χ1) is 9.56. The molecule has 0 radical (unpaired) electrons. The average molecular weight is 307 g/mol. The van der Waals surface area contributed by atoms with Gasteiger partial charge in [-0.2, -0.15) is 8.42 Å². The fourth-order valence-corrected chi connectivity index (χ4v) is 3.37. The molecule has 1 aliphatic heterocycles. The Morgan fingerprint density at radius 3 is 2.70 bits per heavy atom. The van der Waals surface area contributed by atoms with Crippen LogP contribution in [0.5, 0.6) is 0 Å². The maximum Gasteiger partial charge on any atom is 0.285 e. The highest BCUT2D eigenvalue weighted by atomic mass is 35.5. The first-order valence-electron chi connectivity index (χ1n) is 5.97. The van der Waals surface area contributed by atoms with Crippen LogP contribution in [-0.2, 0) is 16.6 Å². The van der Waals surface area contributed by atoms with Gasteiger partial charge in [0.25, 0.3) is 10.0 Å². The molecule has 2 aromatic carbocycles. The number of sulfonamides is 1. The molecule has 20 heavy (non-hydrogen) atoms. The molecule has 2 aromatic rings. The molecule has 0 saturated carbocycles. The molecule has 0 atom stereocenters. The van der Waals surface area contributed by atoms with Gasteiger partial charge in [0.05, 0.1) is 5.69 Å². The van der Waals surface area contributed by atoms with Gasteiger partial charge in [0.15, 0.2) is 0 Å². The van der Waals surface area contributed by atoms with E-state index in [0.29, 0.717) is 17.3 Å². The van der Waals surface area contributed by atoms with Crippen LogP contribution in [0.2, 0.25) is 5.02 Å². The van der Waals surface area contributed by atoms with Gasteiger partial charge in [-0.25, -0.2) is 0 Å². The fourth-order valence-electron chi connectivity index (χ4n) is 2.11. The summed E-state index contributed by atoms with van der Waals surface area (Å²) in [6.07, 6.45) is 1.35. The van der Waals surface area contributed by atoms with E-state index in [1.807, 2.05) is 18.2 Å². The average Bonchev–Trinajstić information content (AvgIpc) is 2.43. The van der Waals surface area contributed by atoms with Crippen LogP contribution >= 0.6 is 11.6 Å². The number of hydrogen-bond acceptors (Lipinski definition) is 3. The number of hydrogen-bond donors (Lipinski definition) is 0. The van der Waals surface area contributed by atoms with Crippen molar-refractivity contribution in [3.05, 3.63) is 59.1 Å². The quantitative estimate of drug-likeness (QED) is 0.856. The lowest BCUT2D eigenvalue weighted by atomic mass is 10.2. The van der Waals surface area contributed by atoms with E-state index in [9.17, 15) is 8.42 Å². The van der Waals surface area contributed by atoms with Crippen LogP contribution in [0.15, 0.2) is 57.8 Å². The van der Waals surface area contributed by atoms with Crippen LogP contribution in [0.25, 0.3) is 0 Å². The van der Waals surface area contributed by atoms with E-state index >= 15 is 0 Å². The zero-order chi connectivity index (χ0) is 14.2. The number of rotatable bonds is 2. The minimum absolute atomic E-state index is 0.226. The second kappa shape index (κ2) is 4.92. The Kier molecular flexibility index (Phi) is 3.23. The van der Waals surface area contributed by atoms with Gasteiger partial charge in [-0.15, -0.1) is 4.40 Å². The molecular formula is C14H11ClN2O2S. The first-order valence-corrected chi connectivity index (χ1v) is 7.79. The van der Waals surface area contributed by atoms with Crippen LogP contribution in [0.4, 0.5) is 5.69 Å². The Hall–Kier alpha value is -1.85. The van der Waals surface area contributed by atoms with Gasteiger partial charge in [-0.3, -0.25) is 0 Å². The van der Waals surface area contributed by atoms with Crippen molar-refractivity contribution in [1.29, 1.82) is 0 Å². The summed E-state index contributed by atoms with van der Waals surface area (Å²) in [6, 6.07) is 14.3. The minimum Gasteiger partial charge on any atom is -0.326 e. The predicted octanol–water partition coefficient (Wildman–Crippen LogP) is 3.08. The lowest BCUT2D eigenvalue weighted by Crippen LogP contribution is -2.26. The van der Waals surface area contributed by atoms with E-state index in [1.165, 1.54) is 6.34 Å². The number of fused-ring (bicyclic) bond motifs is 1. The van der Waals surface area contributed by atoms with Crippen LogP contribution in [0.3, 0.4) is 0 Å². The molecule has 0 unspecified atom stereocenters. The smallest absolute Gasteiger partial charge is 0.285 e. The maximum absolute atomic E-state index is 11.9. The molecule has 1 heterocycles. The second-order valence-electron chi connectivity index (χ2n) is 4.42. The molecule has 0 spiro atoms. The van der Waals surface area contributed by atoms with E-state index in [-0.39, 0.29) is 4.90 Å². The molecule has 0 fully saturated rings. The van der Waals surface area contributed by atoms with E-state index < -0.39 is 10.0 Å². The van der Waals surface area contributed by atoms with Gasteiger partial charge in [0, 0.05) is 11.6 Å². The van der Waals surface area contributed by atoms with Crippen LogP contribution in [-0.4, -0.2) is 14.8 Å². The minimum atomic E-state index is -3.57. The van der Waals surface area contributed by atoms with Gasteiger partial charge in [-0.05, 0) is 29.8 Å². The lowest BCUT2D eigenvalue weighted by Gasteiger charge is -2.25. The standard InChI is InChI=1S/C14H11ClN2O2S/c15-12-5-3-4-11(8-12)9-17-10-16-20(18,19)14-7-2-1-6-13(14)17/h1-8,10H,9H2. The highest BCUT2D eigenvalue weighted by Crippen LogP contribution is 2.30. The van der Waals surface area contributed by atoms with Crippen LogP contribution < -0.4 is 4.90 Å². The highest BCUT2D eigenvalue weighted by molar-refractivity contribution is 7.90. The zero-order valence-corrected chi connectivity index (χ0v) is 12.0. The van der Waals surface area contributed by atoms with Crippen molar-refractivity contribution in [3.63, 3.8) is 0 Å². The fraction of sp³-hybridized carbons (Fsp3) is 0.0714. The summed E-state index contributed by atoms with van der Waals surface area (Å²) in [7, 11) is -3.57. The maximum atomic E-state index is 11.9. The normalized spacial score (nSPS) is 15.9. The van der Waals surface area contributed by atoms with Crippen molar-refractivity contribution >= 4 is 33.7 Å². The topological polar surface area (TPSA) is 49.7 Å². The summed E-state index contributed by atoms with van der Waals surface area (Å²) in [5.74, 6) is 0. The summed E-state index contributed by atoms with van der Waals surface area (Å²) >= 11 is 5.96. The summed E-state index contributed by atoms with van der Waals surface area (Å²) in [5.41, 5.74) is 1.61. The van der Waals surface area contributed by atoms with E-state index in [4.69, 9.17) is 11.6 Å². The molecular weight excluding hydrogens is 296 g/mol. The van der Waals surface area contributed by atoms with Gasteiger partial charge >= 0.3 is 0 Å². The third-order valence-electron chi connectivity index (χ3n) is 3.02. The van der Waals surface area contributed by atoms with Gasteiger partial charge in [0.1, 0.15) is 11.2 Å². The Morgan fingerprint density at radius 2 is 1.90 bits per heavy atom. The number of para-hydroxylation sites is 1. The van der Waals surface area contributed by atoms with E-state index in [2.05, 4.69) is 4.40 Å². The number of anilines is 1. The Bertz CT molecular complexity index is 787. The van der Waals surface area contributed by atoms with E-state index in [0.717, 1.165) is 5.56 Å². The highest BCUT2D eigenvalue weighted by Gasteiger charge is 2.24. The van der Waals surface area contributed by atoms with Gasteiger partial charge in [0.2, 0.25) is 0 Å². The number of benzene rings is 2. The molecule has 3 rings (SSSR count). The Labute approximate surface area is 122 Å². The molecule has 0 N–H and O–H groups in total. The molecule has 0 saturated heterocycles. The summed E-state index contributed by atoms with van der Waals surface area (Å²) in [5, 5.41) is 0.650. The summed E-state index contributed by atoms with van der Waals surface area (Å²) < 4.78 is 27.4. The van der Waals surface area contributed by atoms with Crippen molar-refractivity contribution in [2.75, 3.05) is 4.90 Å². The summed E-state index contributed by atoms with van der Waals surface area (Å²) in [4.78, 5) is 2.02. The van der Waals surface area contributed by atoms with E-state index in [1.54, 1.807) is 35.2 Å². The van der Waals surface area contributed by atoms with Crippen molar-refractivity contribution in [1.82, 2.24) is 0 Å². The second-order valence-corrected chi connectivity index (χ2v) is 6.46. The van der Waals surface area contributed by atoms with Crippen molar-refractivity contribution in [3.8, 4) is 0 Å². The lowest BCUT2D eigenvalue weighted by molar-refractivity contribution is 0.597. The molecule has 1 aliphatic rings. The molecule has 0 aliphatic carbocycles. The first kappa shape index (κ1) is 13.1. The zero-order valence-electron chi connectivity index (χ0n) is 10.4. The number of nitrogens with zero attached hydrogens (tertiary/aromatic N) is 2. The SMILES string of the molecule is O=S1(=O)N=CN(Cc2cccc(Cl)c2)c2ccccc21. The number of halogens is 1. The van der Waals surface area contributed by atoms with Crippen molar-refractivity contribution in [2.24, 2.45) is 4.40 Å². The molecule has 6 heteroatoms. The van der Waals surface area contributed by atoms with Gasteiger partial charge in [-0.1, -0.05) is 35.9 Å². The van der Waals surface area contributed by atoms with Crippen LogP contribution in [0.1, 0.15) is 5.56 Å². The molecule has 0 amide bonds. The molecule has 0 bridgehead atoms.